The summed E-state index contributed by atoms with van der Waals surface area (Å²) in [7, 11) is 2.81. The number of carbonyl (C=O) groups excluding carboxylic acids is 1. The number of amides is 1. The van der Waals surface area contributed by atoms with E-state index in [2.05, 4.69) is 23.7 Å². The number of hydrogen-bond donors (Lipinski definition) is 3. The predicted octanol–water partition coefficient (Wildman–Crippen LogP) is 3.61. The van der Waals surface area contributed by atoms with Crippen molar-refractivity contribution in [2.45, 2.75) is 58.5 Å². The highest BCUT2D eigenvalue weighted by atomic mass is 16.2. The second-order valence-corrected chi connectivity index (χ2v) is 8.08. The maximum atomic E-state index is 12.1. The SMILES string of the molecule is C=C(C)/C=C\C=C(\C)CN.CN1C(=O)C(N)N=C(C2CCCCC2)C2=C1CC=C2.CO. The molecule has 0 saturated heterocycles. The minimum atomic E-state index is -0.735. The third-order valence-corrected chi connectivity index (χ3v) is 5.52. The average Bonchev–Trinajstić information content (AvgIpc) is 3.25. The Morgan fingerprint density at radius 3 is 2.52 bits per heavy atom. The van der Waals surface area contributed by atoms with Crippen LogP contribution in [0.25, 0.3) is 0 Å². The Kier molecular flexibility index (Phi) is 12.0. The quantitative estimate of drug-likeness (QED) is 0.595. The van der Waals surface area contributed by atoms with E-state index in [-0.39, 0.29) is 5.91 Å². The number of aliphatic hydroxyl groups is 1. The van der Waals surface area contributed by atoms with E-state index in [1.54, 1.807) is 4.90 Å². The van der Waals surface area contributed by atoms with E-state index < -0.39 is 6.17 Å². The van der Waals surface area contributed by atoms with Gasteiger partial charge in [-0.15, -0.1) is 0 Å². The Morgan fingerprint density at radius 2 is 1.94 bits per heavy atom. The molecule has 1 heterocycles. The summed E-state index contributed by atoms with van der Waals surface area (Å²) < 4.78 is 0. The van der Waals surface area contributed by atoms with Crippen molar-refractivity contribution in [3.8, 4) is 0 Å². The molecule has 1 saturated carbocycles. The molecule has 1 amide bonds. The molecule has 0 bridgehead atoms. The van der Waals surface area contributed by atoms with Crippen LogP contribution in [0.2, 0.25) is 0 Å². The molecule has 1 atom stereocenters. The molecule has 0 aromatic rings. The van der Waals surface area contributed by atoms with Gasteiger partial charge in [-0.2, -0.15) is 0 Å². The summed E-state index contributed by atoms with van der Waals surface area (Å²) in [4.78, 5) is 18.4. The van der Waals surface area contributed by atoms with Gasteiger partial charge in [0.15, 0.2) is 6.17 Å². The number of nitrogens with two attached hydrogens (primary N) is 2. The maximum absolute atomic E-state index is 12.1. The van der Waals surface area contributed by atoms with Crippen LogP contribution >= 0.6 is 0 Å². The molecular weight excluding hydrogens is 388 g/mol. The number of likely N-dealkylation sites (N-methyl/N-ethyl adjacent to an activating group) is 1. The van der Waals surface area contributed by atoms with Crippen molar-refractivity contribution in [3.63, 3.8) is 0 Å². The first kappa shape index (κ1) is 26.8. The second-order valence-electron chi connectivity index (χ2n) is 8.08. The van der Waals surface area contributed by atoms with E-state index in [0.29, 0.717) is 12.5 Å². The van der Waals surface area contributed by atoms with E-state index in [1.165, 1.54) is 37.7 Å². The van der Waals surface area contributed by atoms with Gasteiger partial charge >= 0.3 is 0 Å². The van der Waals surface area contributed by atoms with E-state index in [0.717, 1.165) is 36.1 Å². The van der Waals surface area contributed by atoms with Gasteiger partial charge in [-0.3, -0.25) is 9.79 Å². The molecule has 1 fully saturated rings. The summed E-state index contributed by atoms with van der Waals surface area (Å²) in [5.74, 6) is 0.383. The summed E-state index contributed by atoms with van der Waals surface area (Å²) in [5, 5.41) is 7.00. The normalized spacial score (nSPS) is 21.7. The van der Waals surface area contributed by atoms with Gasteiger partial charge in [-0.1, -0.05) is 67.4 Å². The fourth-order valence-electron chi connectivity index (χ4n) is 3.80. The summed E-state index contributed by atoms with van der Waals surface area (Å²) in [6.07, 6.45) is 16.4. The Hall–Kier alpha value is -2.28. The van der Waals surface area contributed by atoms with Crippen LogP contribution in [0.5, 0.6) is 0 Å². The van der Waals surface area contributed by atoms with Gasteiger partial charge in [0.25, 0.3) is 5.91 Å². The fraction of sp³-hybridized carbons (Fsp3) is 0.520. The molecule has 31 heavy (non-hydrogen) atoms. The first-order valence-corrected chi connectivity index (χ1v) is 11.0. The van der Waals surface area contributed by atoms with E-state index >= 15 is 0 Å². The lowest BCUT2D eigenvalue weighted by atomic mass is 9.83. The number of allylic oxidation sites excluding steroid dienone is 7. The number of aliphatic imine (C=N–C) groups is 1. The van der Waals surface area contributed by atoms with Crippen molar-refractivity contribution in [1.82, 2.24) is 4.90 Å². The fourth-order valence-corrected chi connectivity index (χ4v) is 3.80. The molecular formula is C25H40N4O2. The van der Waals surface area contributed by atoms with Gasteiger partial charge in [0.05, 0.1) is 0 Å². The summed E-state index contributed by atoms with van der Waals surface area (Å²) >= 11 is 0. The zero-order chi connectivity index (χ0) is 23.4. The standard InChI is InChI=1S/C15H21N3O.C9H15N.CH4O/c1-18-12-9-5-8-11(12)13(17-14(16)15(18)19)10-6-3-2-4-7-10;1-8(2)5-4-6-9(3)7-10;1-2/h5,8,10,14H,2-4,6-7,9,16H2,1H3;4-6H,1,7,10H2,2-3H3;2H,1H3/b;5-4-,9-6-;. The monoisotopic (exact) mass is 428 g/mol. The molecule has 6 heteroatoms. The van der Waals surface area contributed by atoms with Gasteiger partial charge in [0.2, 0.25) is 0 Å². The van der Waals surface area contributed by atoms with Crippen molar-refractivity contribution in [3.05, 3.63) is 59.4 Å². The maximum Gasteiger partial charge on any atom is 0.265 e. The van der Waals surface area contributed by atoms with Gasteiger partial charge in [0, 0.05) is 50.0 Å². The third-order valence-electron chi connectivity index (χ3n) is 5.52. The minimum Gasteiger partial charge on any atom is -0.400 e. The Bertz CT molecular complexity index is 768. The average molecular weight is 429 g/mol. The van der Waals surface area contributed by atoms with Crippen molar-refractivity contribution < 1.29 is 9.90 Å². The van der Waals surface area contributed by atoms with E-state index in [1.807, 2.05) is 39.1 Å². The van der Waals surface area contributed by atoms with Crippen LogP contribution in [0.15, 0.2) is 64.4 Å². The molecule has 3 rings (SSSR count). The second kappa shape index (κ2) is 13.9. The molecule has 6 nitrogen and oxygen atoms in total. The van der Waals surface area contributed by atoms with Crippen molar-refractivity contribution in [2.75, 3.05) is 20.7 Å². The molecule has 1 unspecified atom stereocenters. The summed E-state index contributed by atoms with van der Waals surface area (Å²) in [6, 6.07) is 0. The minimum absolute atomic E-state index is 0.0954. The zero-order valence-corrected chi connectivity index (χ0v) is 19.6. The van der Waals surface area contributed by atoms with Crippen molar-refractivity contribution in [1.29, 1.82) is 0 Å². The lowest BCUT2D eigenvalue weighted by molar-refractivity contribution is -0.129. The number of hydrogen-bond acceptors (Lipinski definition) is 5. The van der Waals surface area contributed by atoms with E-state index in [9.17, 15) is 4.79 Å². The van der Waals surface area contributed by atoms with Crippen molar-refractivity contribution in [2.24, 2.45) is 22.4 Å². The first-order valence-electron chi connectivity index (χ1n) is 11.0. The van der Waals surface area contributed by atoms with E-state index in [4.69, 9.17) is 16.6 Å². The van der Waals surface area contributed by atoms with Crippen molar-refractivity contribution >= 4 is 11.6 Å². The topological polar surface area (TPSA) is 105 Å². The van der Waals surface area contributed by atoms with Crippen LogP contribution in [0.3, 0.4) is 0 Å². The Labute approximate surface area is 187 Å². The third kappa shape index (κ3) is 8.05. The molecule has 0 aromatic carbocycles. The van der Waals surface area contributed by atoms with Crippen LogP contribution < -0.4 is 11.5 Å². The molecule has 3 aliphatic rings. The van der Waals surface area contributed by atoms with Gasteiger partial charge in [0.1, 0.15) is 0 Å². The highest BCUT2D eigenvalue weighted by Gasteiger charge is 2.32. The Balaban J connectivity index is 0.000000343. The number of aliphatic hydroxyl groups excluding tert-OH is 1. The molecule has 1 aliphatic heterocycles. The lowest BCUT2D eigenvalue weighted by Crippen LogP contribution is -2.39. The lowest BCUT2D eigenvalue weighted by Gasteiger charge is -2.24. The molecule has 5 N–H and O–H groups in total. The van der Waals surface area contributed by atoms with Gasteiger partial charge in [-0.25, -0.2) is 0 Å². The van der Waals surface area contributed by atoms with Crippen LogP contribution in [-0.2, 0) is 4.79 Å². The van der Waals surface area contributed by atoms with Crippen LogP contribution in [0, 0.1) is 5.92 Å². The Morgan fingerprint density at radius 1 is 1.29 bits per heavy atom. The van der Waals surface area contributed by atoms with Crippen LogP contribution in [0.1, 0.15) is 52.4 Å². The number of carbonyl (C=O) groups is 1. The summed E-state index contributed by atoms with van der Waals surface area (Å²) in [5.41, 5.74) is 16.8. The van der Waals surface area contributed by atoms with Gasteiger partial charge < -0.3 is 21.5 Å². The molecule has 2 aliphatic carbocycles. The predicted molar refractivity (Wildman–Crippen MR) is 130 cm³/mol. The molecule has 0 radical (unpaired) electrons. The number of rotatable bonds is 4. The smallest absolute Gasteiger partial charge is 0.265 e. The van der Waals surface area contributed by atoms with Crippen LogP contribution in [0.4, 0.5) is 0 Å². The highest BCUT2D eigenvalue weighted by molar-refractivity contribution is 6.08. The zero-order valence-electron chi connectivity index (χ0n) is 19.6. The summed E-state index contributed by atoms with van der Waals surface area (Å²) in [6.45, 7) is 8.32. The highest BCUT2D eigenvalue weighted by Crippen LogP contribution is 2.34. The van der Waals surface area contributed by atoms with Gasteiger partial charge in [-0.05, 0) is 26.7 Å². The largest absolute Gasteiger partial charge is 0.400 e. The number of nitrogens with zero attached hydrogens (tertiary/aromatic N) is 2. The molecule has 0 spiro atoms. The molecule has 0 aromatic heterocycles. The first-order chi connectivity index (χ1) is 14.8. The molecule has 172 valence electrons. The van der Waals surface area contributed by atoms with Crippen LogP contribution in [-0.4, -0.2) is 48.5 Å².